The number of aromatic nitrogens is 3. The van der Waals surface area contributed by atoms with Crippen LogP contribution in [-0.4, -0.2) is 47.2 Å². The number of hydrogen-bond donors (Lipinski definition) is 1. The number of aliphatic hydroxyl groups excluding tert-OH is 1. The van der Waals surface area contributed by atoms with Crippen LogP contribution < -0.4 is 9.47 Å². The number of aryl methyl sites for hydroxylation is 2. The van der Waals surface area contributed by atoms with Crippen LogP contribution in [-0.2, 0) is 16.3 Å². The third kappa shape index (κ3) is 5.14. The van der Waals surface area contributed by atoms with Crippen LogP contribution >= 0.6 is 0 Å². The van der Waals surface area contributed by atoms with Crippen molar-refractivity contribution in [2.45, 2.75) is 31.5 Å². The summed E-state index contributed by atoms with van der Waals surface area (Å²) >= 11 is 0. The van der Waals surface area contributed by atoms with Crippen molar-refractivity contribution in [2.75, 3.05) is 12.9 Å². The highest BCUT2D eigenvalue weighted by molar-refractivity contribution is 7.90. The smallest absolute Gasteiger partial charge is 0.440 e. The molecule has 0 saturated carbocycles. The molecule has 6 rings (SSSR count). The van der Waals surface area contributed by atoms with Crippen LogP contribution in [0.1, 0.15) is 17.4 Å². The van der Waals surface area contributed by atoms with Crippen molar-refractivity contribution in [1.82, 2.24) is 14.5 Å². The number of oxazole rings is 1. The van der Waals surface area contributed by atoms with Crippen molar-refractivity contribution in [3.63, 3.8) is 0 Å². The maximum Gasteiger partial charge on any atom is 0.586 e. The number of ether oxygens (including phenoxy) is 2. The molecule has 0 atom stereocenters. The van der Waals surface area contributed by atoms with Crippen LogP contribution in [0.2, 0.25) is 0 Å². The molecule has 0 spiro atoms. The molecule has 0 fully saturated rings. The molecule has 2 aromatic heterocycles. The average Bonchev–Trinajstić information content (AvgIpc) is 3.60. The van der Waals surface area contributed by atoms with Gasteiger partial charge in [-0.1, -0.05) is 18.2 Å². The van der Waals surface area contributed by atoms with Crippen LogP contribution in [0.3, 0.4) is 0 Å². The van der Waals surface area contributed by atoms with E-state index < -0.39 is 16.1 Å². The Kier molecular flexibility index (Phi) is 6.62. The van der Waals surface area contributed by atoms with E-state index >= 15 is 0 Å². The molecule has 216 valence electrons. The zero-order valence-electron chi connectivity index (χ0n) is 22.8. The Morgan fingerprint density at radius 3 is 2.38 bits per heavy atom. The fraction of sp³-hybridized carbons (Fsp3) is 0.200. The van der Waals surface area contributed by atoms with E-state index in [9.17, 15) is 22.3 Å². The summed E-state index contributed by atoms with van der Waals surface area (Å²) in [7, 11) is -3.45. The van der Waals surface area contributed by atoms with Gasteiger partial charge in [0.2, 0.25) is 0 Å². The van der Waals surface area contributed by atoms with Crippen LogP contribution in [0.15, 0.2) is 76.2 Å². The lowest BCUT2D eigenvalue weighted by Gasteiger charge is -2.14. The molecular formula is C30H25F2N3O6S. The minimum absolute atomic E-state index is 0.109. The Balaban J connectivity index is 1.58. The van der Waals surface area contributed by atoms with Gasteiger partial charge in [-0.25, -0.2) is 18.4 Å². The van der Waals surface area contributed by atoms with E-state index in [0.29, 0.717) is 45.2 Å². The van der Waals surface area contributed by atoms with Crippen LogP contribution in [0.4, 0.5) is 8.78 Å². The molecule has 0 radical (unpaired) electrons. The lowest BCUT2D eigenvalue weighted by Crippen LogP contribution is -2.25. The minimum Gasteiger partial charge on any atom is -0.440 e. The van der Waals surface area contributed by atoms with Crippen molar-refractivity contribution in [2.24, 2.45) is 0 Å². The fourth-order valence-corrected chi connectivity index (χ4v) is 5.58. The van der Waals surface area contributed by atoms with Crippen LogP contribution in [0.5, 0.6) is 11.5 Å². The molecule has 0 unspecified atom stereocenters. The Morgan fingerprint density at radius 2 is 1.67 bits per heavy atom. The number of alkyl halides is 2. The molecular weight excluding hydrogens is 568 g/mol. The highest BCUT2D eigenvalue weighted by Crippen LogP contribution is 2.45. The second-order valence-electron chi connectivity index (χ2n) is 9.92. The largest absolute Gasteiger partial charge is 0.586 e. The molecule has 1 aliphatic rings. The number of aliphatic hydroxyl groups is 1. The zero-order valence-corrected chi connectivity index (χ0v) is 23.6. The average molecular weight is 594 g/mol. The number of rotatable bonds is 7. The van der Waals surface area contributed by atoms with Gasteiger partial charge >= 0.3 is 6.29 Å². The van der Waals surface area contributed by atoms with Gasteiger partial charge in [-0.2, -0.15) is 0 Å². The molecule has 5 aromatic rings. The Hall–Kier alpha value is -4.55. The first-order valence-corrected chi connectivity index (χ1v) is 14.8. The summed E-state index contributed by atoms with van der Waals surface area (Å²) in [4.78, 5) is 9.31. The number of hydrogen-bond acceptors (Lipinski definition) is 8. The highest BCUT2D eigenvalue weighted by atomic mass is 32.2. The maximum absolute atomic E-state index is 13.8. The van der Waals surface area contributed by atoms with E-state index in [4.69, 9.17) is 4.42 Å². The van der Waals surface area contributed by atoms with Gasteiger partial charge in [0.15, 0.2) is 33.0 Å². The van der Waals surface area contributed by atoms with Crippen molar-refractivity contribution in [3.8, 4) is 50.9 Å². The molecule has 0 saturated heterocycles. The first-order chi connectivity index (χ1) is 19.9. The number of halogens is 2. The molecule has 0 aliphatic carbocycles. The van der Waals surface area contributed by atoms with E-state index in [2.05, 4.69) is 19.4 Å². The Labute approximate surface area is 239 Å². The maximum atomic E-state index is 13.8. The summed E-state index contributed by atoms with van der Waals surface area (Å²) in [6.45, 7) is 3.50. The van der Waals surface area contributed by atoms with Gasteiger partial charge in [0, 0.05) is 30.0 Å². The molecule has 1 N–H and O–H groups in total. The quantitative estimate of drug-likeness (QED) is 0.254. The second kappa shape index (κ2) is 10.1. The van der Waals surface area contributed by atoms with Crippen molar-refractivity contribution < 1.29 is 36.2 Å². The predicted octanol–water partition coefficient (Wildman–Crippen LogP) is 5.74. The number of sulfone groups is 1. The molecule has 9 nitrogen and oxygen atoms in total. The van der Waals surface area contributed by atoms with E-state index in [1.54, 1.807) is 24.3 Å². The Bertz CT molecular complexity index is 1950. The number of imidazole rings is 1. The van der Waals surface area contributed by atoms with Crippen molar-refractivity contribution >= 4 is 9.84 Å². The minimum atomic E-state index is -3.78. The van der Waals surface area contributed by atoms with Gasteiger partial charge in [0.1, 0.15) is 11.5 Å². The summed E-state index contributed by atoms with van der Waals surface area (Å²) in [5, 5.41) is 9.62. The number of benzene rings is 3. The van der Waals surface area contributed by atoms with Gasteiger partial charge < -0.3 is 23.6 Å². The van der Waals surface area contributed by atoms with Crippen LogP contribution in [0, 0.1) is 13.8 Å². The van der Waals surface area contributed by atoms with E-state index in [1.165, 1.54) is 18.2 Å². The summed E-state index contributed by atoms with van der Waals surface area (Å²) < 4.78 is 69.3. The molecule has 12 heteroatoms. The normalized spacial score (nSPS) is 14.0. The first-order valence-electron chi connectivity index (χ1n) is 12.9. The van der Waals surface area contributed by atoms with Gasteiger partial charge in [-0.15, -0.1) is 8.78 Å². The molecule has 0 amide bonds. The molecule has 42 heavy (non-hydrogen) atoms. The molecule has 3 aromatic carbocycles. The lowest BCUT2D eigenvalue weighted by atomic mass is 9.98. The van der Waals surface area contributed by atoms with E-state index in [0.717, 1.165) is 11.9 Å². The fourth-order valence-electron chi connectivity index (χ4n) is 4.92. The third-order valence-electron chi connectivity index (χ3n) is 6.77. The molecule has 0 bridgehead atoms. The summed E-state index contributed by atoms with van der Waals surface area (Å²) in [5.74, 6) is 0.998. The van der Waals surface area contributed by atoms with Crippen molar-refractivity contribution in [1.29, 1.82) is 0 Å². The van der Waals surface area contributed by atoms with Crippen LogP contribution in [0.25, 0.3) is 39.4 Å². The summed E-state index contributed by atoms with van der Waals surface area (Å²) in [5.41, 5.74) is 4.17. The summed E-state index contributed by atoms with van der Waals surface area (Å²) in [6, 6.07) is 16.5. The SMILES string of the molecule is Cc1cn(-c2ccc(-c3cccc(S(C)(=O)=O)c3)cc2-c2oc(CCO)nc2-c2ccc3c(c2)OC(F)(F)O3)c(C)n1. The van der Waals surface area contributed by atoms with Gasteiger partial charge in [0.25, 0.3) is 0 Å². The topological polar surface area (TPSA) is 117 Å². The Morgan fingerprint density at radius 1 is 0.929 bits per heavy atom. The monoisotopic (exact) mass is 593 g/mol. The predicted molar refractivity (Wildman–Crippen MR) is 150 cm³/mol. The second-order valence-corrected chi connectivity index (χ2v) is 11.9. The van der Waals surface area contributed by atoms with E-state index in [1.807, 2.05) is 42.8 Å². The summed E-state index contributed by atoms with van der Waals surface area (Å²) in [6.07, 6.45) is -0.653. The van der Waals surface area contributed by atoms with Gasteiger partial charge in [0.05, 0.1) is 22.9 Å². The molecule has 1 aliphatic heterocycles. The first kappa shape index (κ1) is 27.6. The van der Waals surface area contributed by atoms with E-state index in [-0.39, 0.29) is 35.3 Å². The number of nitrogens with zero attached hydrogens (tertiary/aromatic N) is 3. The van der Waals surface area contributed by atoms with Crippen molar-refractivity contribution in [3.05, 3.63) is 84.3 Å². The zero-order chi connectivity index (χ0) is 29.8. The lowest BCUT2D eigenvalue weighted by molar-refractivity contribution is -0.286. The third-order valence-corrected chi connectivity index (χ3v) is 7.88. The molecule has 3 heterocycles. The standard InChI is InChI=1S/C30H25F2N3O6S/c1-17-16-35(18(2)33-17)24-9-7-20(19-5-4-6-22(13-19)42(3,37)38)14-23(24)29-28(34-27(39-29)11-12-36)21-8-10-25-26(15-21)41-30(31,32)40-25/h4-10,13-16,36H,11-12H2,1-3H3. The highest BCUT2D eigenvalue weighted by Gasteiger charge is 2.43. The van der Waals surface area contributed by atoms with Gasteiger partial charge in [-0.05, 0) is 67.4 Å². The van der Waals surface area contributed by atoms with Gasteiger partial charge in [-0.3, -0.25) is 0 Å². The number of fused-ring (bicyclic) bond motifs is 1.